The highest BCUT2D eigenvalue weighted by atomic mass is 16.5. The van der Waals surface area contributed by atoms with Crippen molar-refractivity contribution in [1.82, 2.24) is 0 Å². The number of esters is 1. The molecule has 0 saturated heterocycles. The van der Waals surface area contributed by atoms with E-state index in [4.69, 9.17) is 4.74 Å². The van der Waals surface area contributed by atoms with Crippen LogP contribution in [0.1, 0.15) is 33.6 Å². The van der Waals surface area contributed by atoms with Crippen molar-refractivity contribution in [3.8, 4) is 0 Å². The van der Waals surface area contributed by atoms with Gasteiger partial charge < -0.3 is 9.84 Å². The van der Waals surface area contributed by atoms with E-state index in [1.807, 2.05) is 0 Å². The zero-order valence-corrected chi connectivity index (χ0v) is 9.41. The summed E-state index contributed by atoms with van der Waals surface area (Å²) in [6.07, 6.45) is 1.10. The lowest BCUT2D eigenvalue weighted by molar-refractivity contribution is -0.151. The number of carbonyl (C=O) groups excluding carboxylic acids is 1. The van der Waals surface area contributed by atoms with Crippen LogP contribution in [0.25, 0.3) is 0 Å². The van der Waals surface area contributed by atoms with Crippen LogP contribution in [-0.4, -0.2) is 24.3 Å². The topological polar surface area (TPSA) is 46.5 Å². The molecule has 0 spiro atoms. The fourth-order valence-corrected chi connectivity index (χ4v) is 2.41. The van der Waals surface area contributed by atoms with Gasteiger partial charge in [0.15, 0.2) is 0 Å². The molecule has 0 bridgehead atoms. The van der Waals surface area contributed by atoms with Gasteiger partial charge in [0.1, 0.15) is 0 Å². The highest BCUT2D eigenvalue weighted by molar-refractivity contribution is 5.73. The van der Waals surface area contributed by atoms with Crippen LogP contribution >= 0.6 is 0 Å². The van der Waals surface area contributed by atoms with Crippen LogP contribution < -0.4 is 0 Å². The molecule has 3 heteroatoms. The fraction of sp³-hybridized carbons (Fsp3) is 0.909. The van der Waals surface area contributed by atoms with Crippen molar-refractivity contribution in [3.63, 3.8) is 0 Å². The lowest BCUT2D eigenvalue weighted by Crippen LogP contribution is -2.35. The summed E-state index contributed by atoms with van der Waals surface area (Å²) in [7, 11) is 1.38. The number of carbonyl (C=O) groups is 1. The van der Waals surface area contributed by atoms with Gasteiger partial charge >= 0.3 is 5.97 Å². The molecule has 1 saturated carbocycles. The summed E-state index contributed by atoms with van der Waals surface area (Å²) in [5, 5.41) is 9.72. The van der Waals surface area contributed by atoms with Crippen LogP contribution in [0, 0.1) is 17.3 Å². The van der Waals surface area contributed by atoms with Crippen LogP contribution in [-0.2, 0) is 9.53 Å². The van der Waals surface area contributed by atoms with E-state index in [1.54, 1.807) is 0 Å². The Labute approximate surface area is 85.5 Å². The monoisotopic (exact) mass is 200 g/mol. The van der Waals surface area contributed by atoms with Crippen molar-refractivity contribution in [2.75, 3.05) is 7.11 Å². The first-order valence-electron chi connectivity index (χ1n) is 5.14. The molecule has 0 amide bonds. The van der Waals surface area contributed by atoms with Gasteiger partial charge in [-0.1, -0.05) is 20.8 Å². The zero-order chi connectivity index (χ0) is 10.9. The molecule has 14 heavy (non-hydrogen) atoms. The Morgan fingerprint density at radius 2 is 1.93 bits per heavy atom. The third-order valence-corrected chi connectivity index (χ3v) is 3.21. The molecular weight excluding hydrogens is 180 g/mol. The highest BCUT2D eigenvalue weighted by Crippen LogP contribution is 2.43. The predicted molar refractivity (Wildman–Crippen MR) is 53.7 cm³/mol. The van der Waals surface area contributed by atoms with Crippen LogP contribution in [0.4, 0.5) is 0 Å². The average Bonchev–Trinajstić information content (AvgIpc) is 2.45. The molecule has 3 atom stereocenters. The van der Waals surface area contributed by atoms with Crippen molar-refractivity contribution < 1.29 is 14.6 Å². The summed E-state index contributed by atoms with van der Waals surface area (Å²) >= 11 is 0. The smallest absolute Gasteiger partial charge is 0.311 e. The van der Waals surface area contributed by atoms with Gasteiger partial charge in [0, 0.05) is 0 Å². The summed E-state index contributed by atoms with van der Waals surface area (Å²) in [5.41, 5.74) is 0.0519. The molecule has 82 valence electrons. The summed E-state index contributed by atoms with van der Waals surface area (Å²) < 4.78 is 4.73. The largest absolute Gasteiger partial charge is 0.469 e. The average molecular weight is 200 g/mol. The first-order valence-corrected chi connectivity index (χ1v) is 5.14. The number of aliphatic hydroxyl groups is 1. The molecule has 0 aliphatic heterocycles. The third-order valence-electron chi connectivity index (χ3n) is 3.21. The lowest BCUT2D eigenvalue weighted by atomic mass is 9.74. The van der Waals surface area contributed by atoms with E-state index in [0.29, 0.717) is 6.42 Å². The number of ether oxygens (including phenoxy) is 1. The van der Waals surface area contributed by atoms with E-state index in [0.717, 1.165) is 6.42 Å². The highest BCUT2D eigenvalue weighted by Gasteiger charge is 2.45. The number of methoxy groups -OCH3 is 1. The van der Waals surface area contributed by atoms with Crippen molar-refractivity contribution in [1.29, 1.82) is 0 Å². The molecule has 0 unspecified atom stereocenters. The quantitative estimate of drug-likeness (QED) is 0.654. The molecule has 0 aromatic heterocycles. The second-order valence-corrected chi connectivity index (χ2v) is 5.17. The number of hydrogen-bond donors (Lipinski definition) is 1. The van der Waals surface area contributed by atoms with E-state index in [-0.39, 0.29) is 23.2 Å². The van der Waals surface area contributed by atoms with Crippen molar-refractivity contribution >= 4 is 5.97 Å². The minimum Gasteiger partial charge on any atom is -0.469 e. The molecule has 0 heterocycles. The van der Waals surface area contributed by atoms with Gasteiger partial charge in [-0.25, -0.2) is 0 Å². The number of rotatable bonds is 1. The Bertz CT molecular complexity index is 217. The molecule has 1 aliphatic carbocycles. The summed E-state index contributed by atoms with van der Waals surface area (Å²) in [4.78, 5) is 11.5. The van der Waals surface area contributed by atoms with Crippen molar-refractivity contribution in [2.24, 2.45) is 17.3 Å². The summed E-state index contributed by atoms with van der Waals surface area (Å²) in [6, 6.07) is 0. The second kappa shape index (κ2) is 3.89. The van der Waals surface area contributed by atoms with Crippen molar-refractivity contribution in [3.05, 3.63) is 0 Å². The lowest BCUT2D eigenvalue weighted by Gasteiger charge is -2.31. The minimum atomic E-state index is -0.522. The molecule has 3 nitrogen and oxygen atoms in total. The molecule has 1 rings (SSSR count). The van der Waals surface area contributed by atoms with Gasteiger partial charge in [-0.15, -0.1) is 0 Å². The first-order chi connectivity index (χ1) is 6.38. The van der Waals surface area contributed by atoms with Crippen LogP contribution in [0.2, 0.25) is 0 Å². The van der Waals surface area contributed by atoms with Gasteiger partial charge in [0.05, 0.1) is 19.1 Å². The summed E-state index contributed by atoms with van der Waals surface area (Å²) in [6.45, 7) is 6.31. The fourth-order valence-electron chi connectivity index (χ4n) is 2.41. The van der Waals surface area contributed by atoms with Crippen molar-refractivity contribution in [2.45, 2.75) is 39.7 Å². The molecule has 1 aliphatic rings. The molecule has 0 aromatic rings. The SMILES string of the molecule is COC(=O)[C@H]1[C@@H](O)CC[C@@H]1C(C)(C)C. The van der Waals surface area contributed by atoms with Gasteiger partial charge in [-0.3, -0.25) is 4.79 Å². The van der Waals surface area contributed by atoms with Gasteiger partial charge in [0.25, 0.3) is 0 Å². The number of hydrogen-bond acceptors (Lipinski definition) is 3. The molecule has 1 fully saturated rings. The van der Waals surface area contributed by atoms with Gasteiger partial charge in [0.2, 0.25) is 0 Å². The maximum Gasteiger partial charge on any atom is 0.311 e. The molecular formula is C11H20O3. The van der Waals surface area contributed by atoms with Crippen LogP contribution in [0.3, 0.4) is 0 Å². The maximum atomic E-state index is 11.5. The molecule has 0 radical (unpaired) electrons. The summed E-state index contributed by atoms with van der Waals surface area (Å²) in [5.74, 6) is -0.375. The normalized spacial score (nSPS) is 33.1. The molecule has 1 N–H and O–H groups in total. The second-order valence-electron chi connectivity index (χ2n) is 5.17. The minimum absolute atomic E-state index is 0.0519. The Morgan fingerprint density at radius 1 is 1.36 bits per heavy atom. The maximum absolute atomic E-state index is 11.5. The molecule has 0 aromatic carbocycles. The Kier molecular flexibility index (Phi) is 3.20. The Morgan fingerprint density at radius 3 is 2.36 bits per heavy atom. The van der Waals surface area contributed by atoms with Gasteiger partial charge in [-0.2, -0.15) is 0 Å². The van der Waals surface area contributed by atoms with E-state index in [1.165, 1.54) is 7.11 Å². The number of aliphatic hydroxyl groups excluding tert-OH is 1. The predicted octanol–water partition coefficient (Wildman–Crippen LogP) is 1.59. The standard InChI is InChI=1S/C11H20O3/c1-11(2,3)7-5-6-8(12)9(7)10(13)14-4/h7-9,12H,5-6H2,1-4H3/t7-,8-,9+/m0/s1. The van der Waals surface area contributed by atoms with E-state index >= 15 is 0 Å². The third kappa shape index (κ3) is 2.08. The van der Waals surface area contributed by atoms with E-state index in [2.05, 4.69) is 20.8 Å². The van der Waals surface area contributed by atoms with Crippen LogP contribution in [0.15, 0.2) is 0 Å². The van der Waals surface area contributed by atoms with E-state index in [9.17, 15) is 9.90 Å². The van der Waals surface area contributed by atoms with Crippen LogP contribution in [0.5, 0.6) is 0 Å². The van der Waals surface area contributed by atoms with Gasteiger partial charge in [-0.05, 0) is 24.2 Å². The zero-order valence-electron chi connectivity index (χ0n) is 9.41. The Balaban J connectivity index is 2.82. The Hall–Kier alpha value is -0.570. The first kappa shape index (κ1) is 11.5. The van der Waals surface area contributed by atoms with E-state index < -0.39 is 6.10 Å².